The van der Waals surface area contributed by atoms with Crippen LogP contribution in [0.15, 0.2) is 24.3 Å². The Balaban J connectivity index is 0.00000200. The van der Waals surface area contributed by atoms with Crippen molar-refractivity contribution in [1.29, 1.82) is 0 Å². The van der Waals surface area contributed by atoms with E-state index in [1.807, 2.05) is 19.9 Å². The summed E-state index contributed by atoms with van der Waals surface area (Å²) in [4.78, 5) is 12.3. The second-order valence-electron chi connectivity index (χ2n) is 5.78. The van der Waals surface area contributed by atoms with Crippen molar-refractivity contribution in [2.24, 2.45) is 5.73 Å². The molecule has 0 aromatic heterocycles. The second kappa shape index (κ2) is 7.09. The lowest BCUT2D eigenvalue weighted by Gasteiger charge is -2.30. The highest BCUT2D eigenvalue weighted by atomic mass is 35.5. The van der Waals surface area contributed by atoms with Crippen LogP contribution in [0.25, 0.3) is 0 Å². The summed E-state index contributed by atoms with van der Waals surface area (Å²) in [6.45, 7) is 3.87. The molecule has 0 spiro atoms. The Bertz CT molecular complexity index is 460. The average Bonchev–Trinajstić information content (AvgIpc) is 2.39. The summed E-state index contributed by atoms with van der Waals surface area (Å²) in [5.74, 6) is -0.0314. The van der Waals surface area contributed by atoms with E-state index in [0.717, 1.165) is 25.7 Å². The molecular formula is C16H25ClN2O. The minimum Gasteiger partial charge on any atom is -0.348 e. The van der Waals surface area contributed by atoms with Gasteiger partial charge in [-0.05, 0) is 43.7 Å². The van der Waals surface area contributed by atoms with E-state index < -0.39 is 5.54 Å². The van der Waals surface area contributed by atoms with Crippen molar-refractivity contribution < 1.29 is 4.79 Å². The normalized spacial score (nSPS) is 20.2. The molecule has 1 aliphatic carbocycles. The van der Waals surface area contributed by atoms with Gasteiger partial charge in [0.25, 0.3) is 0 Å². The fourth-order valence-corrected chi connectivity index (χ4v) is 2.86. The first-order valence-electron chi connectivity index (χ1n) is 7.22. The third kappa shape index (κ3) is 3.74. The zero-order valence-electron chi connectivity index (χ0n) is 12.3. The minimum absolute atomic E-state index is 0. The SMILES string of the molecule is CCCC(C)(N)C(=O)NC1CCCc2ccccc21.Cl. The molecule has 0 saturated carbocycles. The molecular weight excluding hydrogens is 272 g/mol. The molecule has 0 aliphatic heterocycles. The number of hydrogen-bond acceptors (Lipinski definition) is 2. The van der Waals surface area contributed by atoms with Gasteiger partial charge in [0.1, 0.15) is 0 Å². The van der Waals surface area contributed by atoms with E-state index in [9.17, 15) is 4.79 Å². The number of carbonyl (C=O) groups is 1. The highest BCUT2D eigenvalue weighted by molar-refractivity contribution is 5.86. The summed E-state index contributed by atoms with van der Waals surface area (Å²) in [7, 11) is 0. The van der Waals surface area contributed by atoms with Crippen LogP contribution in [-0.4, -0.2) is 11.4 Å². The number of hydrogen-bond donors (Lipinski definition) is 2. The maximum atomic E-state index is 12.3. The molecule has 112 valence electrons. The summed E-state index contributed by atoms with van der Waals surface area (Å²) >= 11 is 0. The molecule has 0 bridgehead atoms. The quantitative estimate of drug-likeness (QED) is 0.897. The van der Waals surface area contributed by atoms with Crippen molar-refractivity contribution in [1.82, 2.24) is 5.32 Å². The van der Waals surface area contributed by atoms with Crippen molar-refractivity contribution in [3.8, 4) is 0 Å². The number of fused-ring (bicyclic) bond motifs is 1. The topological polar surface area (TPSA) is 55.1 Å². The van der Waals surface area contributed by atoms with Gasteiger partial charge in [-0.25, -0.2) is 0 Å². The predicted molar refractivity (Wildman–Crippen MR) is 85.0 cm³/mol. The number of benzene rings is 1. The Morgan fingerprint density at radius 3 is 2.85 bits per heavy atom. The van der Waals surface area contributed by atoms with Crippen LogP contribution in [0, 0.1) is 0 Å². The molecule has 0 radical (unpaired) electrons. The van der Waals surface area contributed by atoms with Gasteiger partial charge >= 0.3 is 0 Å². The lowest BCUT2D eigenvalue weighted by atomic mass is 9.87. The van der Waals surface area contributed by atoms with E-state index in [2.05, 4.69) is 23.5 Å². The summed E-state index contributed by atoms with van der Waals surface area (Å²) in [6, 6.07) is 8.50. The Morgan fingerprint density at radius 1 is 1.45 bits per heavy atom. The van der Waals surface area contributed by atoms with Gasteiger partial charge in [0.15, 0.2) is 0 Å². The monoisotopic (exact) mass is 296 g/mol. The van der Waals surface area contributed by atoms with Crippen LogP contribution in [0.3, 0.4) is 0 Å². The Morgan fingerprint density at radius 2 is 2.15 bits per heavy atom. The third-order valence-corrected chi connectivity index (χ3v) is 3.96. The van der Waals surface area contributed by atoms with Gasteiger partial charge < -0.3 is 11.1 Å². The van der Waals surface area contributed by atoms with Crippen LogP contribution >= 0.6 is 12.4 Å². The first kappa shape index (κ1) is 17.0. The van der Waals surface area contributed by atoms with E-state index in [0.29, 0.717) is 6.42 Å². The maximum Gasteiger partial charge on any atom is 0.240 e. The second-order valence-corrected chi connectivity index (χ2v) is 5.78. The van der Waals surface area contributed by atoms with Crippen LogP contribution < -0.4 is 11.1 Å². The van der Waals surface area contributed by atoms with Crippen molar-refractivity contribution in [2.45, 2.75) is 57.5 Å². The van der Waals surface area contributed by atoms with E-state index in [4.69, 9.17) is 5.73 Å². The molecule has 0 heterocycles. The number of carbonyl (C=O) groups excluding carboxylic acids is 1. The molecule has 20 heavy (non-hydrogen) atoms. The summed E-state index contributed by atoms with van der Waals surface area (Å²) in [5.41, 5.74) is 7.95. The van der Waals surface area contributed by atoms with Gasteiger partial charge in [-0.1, -0.05) is 37.6 Å². The molecule has 1 aliphatic rings. The fraction of sp³-hybridized carbons (Fsp3) is 0.562. The summed E-state index contributed by atoms with van der Waals surface area (Å²) in [5, 5.41) is 3.14. The Hall–Kier alpha value is -1.06. The number of nitrogens with one attached hydrogen (secondary N) is 1. The van der Waals surface area contributed by atoms with E-state index in [1.54, 1.807) is 0 Å². The van der Waals surface area contributed by atoms with Gasteiger partial charge in [0.2, 0.25) is 5.91 Å². The van der Waals surface area contributed by atoms with E-state index in [-0.39, 0.29) is 24.4 Å². The minimum atomic E-state index is -0.763. The molecule has 3 N–H and O–H groups in total. The van der Waals surface area contributed by atoms with Crippen LogP contribution in [0.2, 0.25) is 0 Å². The van der Waals surface area contributed by atoms with E-state index >= 15 is 0 Å². The maximum absolute atomic E-state index is 12.3. The lowest BCUT2D eigenvalue weighted by Crippen LogP contribution is -2.52. The molecule has 0 fully saturated rings. The first-order chi connectivity index (χ1) is 9.04. The largest absolute Gasteiger partial charge is 0.348 e. The summed E-state index contributed by atoms with van der Waals surface area (Å²) < 4.78 is 0. The highest BCUT2D eigenvalue weighted by Gasteiger charge is 2.30. The van der Waals surface area contributed by atoms with Crippen LogP contribution in [0.5, 0.6) is 0 Å². The Labute approximate surface area is 127 Å². The number of aryl methyl sites for hydroxylation is 1. The third-order valence-electron chi connectivity index (χ3n) is 3.96. The number of nitrogens with two attached hydrogens (primary N) is 1. The van der Waals surface area contributed by atoms with Crippen LogP contribution in [0.4, 0.5) is 0 Å². The zero-order chi connectivity index (χ0) is 13.9. The number of amides is 1. The molecule has 3 nitrogen and oxygen atoms in total. The fourth-order valence-electron chi connectivity index (χ4n) is 2.86. The summed E-state index contributed by atoms with van der Waals surface area (Å²) in [6.07, 6.45) is 4.87. The van der Waals surface area contributed by atoms with Crippen molar-refractivity contribution in [3.05, 3.63) is 35.4 Å². The predicted octanol–water partition coefficient (Wildman–Crippen LogP) is 3.12. The molecule has 2 unspecified atom stereocenters. The van der Waals surface area contributed by atoms with Gasteiger partial charge in [0, 0.05) is 0 Å². The van der Waals surface area contributed by atoms with Crippen LogP contribution in [0.1, 0.15) is 56.7 Å². The molecule has 4 heteroatoms. The van der Waals surface area contributed by atoms with Crippen molar-refractivity contribution >= 4 is 18.3 Å². The molecule has 2 rings (SSSR count). The number of rotatable bonds is 4. The zero-order valence-corrected chi connectivity index (χ0v) is 13.1. The van der Waals surface area contributed by atoms with Gasteiger partial charge in [0.05, 0.1) is 11.6 Å². The molecule has 0 saturated heterocycles. The smallest absolute Gasteiger partial charge is 0.240 e. The van der Waals surface area contributed by atoms with E-state index in [1.165, 1.54) is 11.1 Å². The first-order valence-corrected chi connectivity index (χ1v) is 7.22. The van der Waals surface area contributed by atoms with Gasteiger partial charge in [-0.3, -0.25) is 4.79 Å². The van der Waals surface area contributed by atoms with Gasteiger partial charge in [-0.2, -0.15) is 0 Å². The highest BCUT2D eigenvalue weighted by Crippen LogP contribution is 2.29. The standard InChI is InChI=1S/C16H24N2O.ClH/c1-3-11-16(2,17)15(19)18-14-10-6-8-12-7-4-5-9-13(12)14;/h4-5,7,9,14H,3,6,8,10-11,17H2,1-2H3,(H,18,19);1H. The number of halogens is 1. The van der Waals surface area contributed by atoms with Gasteiger partial charge in [-0.15, -0.1) is 12.4 Å². The van der Waals surface area contributed by atoms with Crippen molar-refractivity contribution in [2.75, 3.05) is 0 Å². The molecule has 1 aromatic rings. The van der Waals surface area contributed by atoms with Crippen molar-refractivity contribution in [3.63, 3.8) is 0 Å². The molecule has 1 aromatic carbocycles. The lowest BCUT2D eigenvalue weighted by molar-refractivity contribution is -0.126. The molecule has 1 amide bonds. The molecule has 2 atom stereocenters. The van der Waals surface area contributed by atoms with Crippen LogP contribution in [-0.2, 0) is 11.2 Å². The average molecular weight is 297 g/mol. The Kier molecular flexibility index (Phi) is 6.03.